The molecule has 1 aromatic heterocycles. The molecule has 0 aromatic carbocycles. The van der Waals surface area contributed by atoms with Crippen LogP contribution in [0.5, 0.6) is 0 Å². The second-order valence-corrected chi connectivity index (χ2v) is 3.14. The van der Waals surface area contributed by atoms with E-state index in [1.54, 1.807) is 6.07 Å². The molecule has 1 aliphatic heterocycles. The second-order valence-electron chi connectivity index (χ2n) is 2.80. The van der Waals surface area contributed by atoms with E-state index < -0.39 is 6.10 Å². The summed E-state index contributed by atoms with van der Waals surface area (Å²) in [4.78, 5) is 0. The van der Waals surface area contributed by atoms with Crippen LogP contribution in [0.4, 0.5) is 0 Å². The summed E-state index contributed by atoms with van der Waals surface area (Å²) in [6.45, 7) is 0.627. The van der Waals surface area contributed by atoms with Crippen molar-refractivity contribution in [3.63, 3.8) is 0 Å². The van der Waals surface area contributed by atoms with Gasteiger partial charge in [-0.2, -0.15) is 0 Å². The SMILES string of the molecule is OC(C1=CCCO1)c1ccoc1Cl. The van der Waals surface area contributed by atoms with Gasteiger partial charge in [0.2, 0.25) is 0 Å². The fourth-order valence-electron chi connectivity index (χ4n) is 1.28. The zero-order valence-corrected chi connectivity index (χ0v) is 7.62. The molecule has 0 saturated heterocycles. The number of hydrogen-bond donors (Lipinski definition) is 1. The minimum Gasteiger partial charge on any atom is -0.495 e. The van der Waals surface area contributed by atoms with Crippen molar-refractivity contribution in [2.75, 3.05) is 6.61 Å². The van der Waals surface area contributed by atoms with E-state index in [1.807, 2.05) is 6.08 Å². The highest BCUT2D eigenvalue weighted by atomic mass is 35.5. The van der Waals surface area contributed by atoms with Crippen LogP contribution in [0.1, 0.15) is 18.1 Å². The Morgan fingerprint density at radius 2 is 2.38 bits per heavy atom. The molecule has 1 N–H and O–H groups in total. The molecule has 2 rings (SSSR count). The summed E-state index contributed by atoms with van der Waals surface area (Å²) in [5, 5.41) is 9.96. The predicted molar refractivity (Wildman–Crippen MR) is 47.3 cm³/mol. The van der Waals surface area contributed by atoms with Crippen molar-refractivity contribution in [1.29, 1.82) is 0 Å². The van der Waals surface area contributed by atoms with Gasteiger partial charge in [-0.05, 0) is 23.7 Å². The van der Waals surface area contributed by atoms with Crippen LogP contribution in [0.15, 0.2) is 28.6 Å². The van der Waals surface area contributed by atoms with E-state index in [4.69, 9.17) is 20.8 Å². The standard InChI is InChI=1S/C9H9ClO3/c10-9-6(3-5-13-9)8(11)7-2-1-4-12-7/h2-3,5,8,11H,1,4H2. The van der Waals surface area contributed by atoms with Gasteiger partial charge in [-0.25, -0.2) is 0 Å². The number of hydrogen-bond acceptors (Lipinski definition) is 3. The number of ether oxygens (including phenoxy) is 1. The maximum atomic E-state index is 9.75. The molecule has 4 heteroatoms. The van der Waals surface area contributed by atoms with Crippen LogP contribution in [0, 0.1) is 0 Å². The number of aliphatic hydroxyl groups is 1. The Hall–Kier alpha value is -0.930. The average Bonchev–Trinajstić information content (AvgIpc) is 2.72. The predicted octanol–water partition coefficient (Wildman–Crippen LogP) is 2.27. The van der Waals surface area contributed by atoms with Crippen LogP contribution in [0.3, 0.4) is 0 Å². The van der Waals surface area contributed by atoms with Gasteiger partial charge < -0.3 is 14.3 Å². The molecule has 2 heterocycles. The lowest BCUT2D eigenvalue weighted by Crippen LogP contribution is -2.01. The van der Waals surface area contributed by atoms with Gasteiger partial charge in [-0.3, -0.25) is 0 Å². The molecule has 0 radical (unpaired) electrons. The Morgan fingerprint density at radius 3 is 2.92 bits per heavy atom. The molecule has 0 aliphatic carbocycles. The molecule has 0 bridgehead atoms. The molecule has 0 fully saturated rings. The van der Waals surface area contributed by atoms with Crippen LogP contribution in [0.2, 0.25) is 5.22 Å². The third kappa shape index (κ3) is 1.57. The molecule has 70 valence electrons. The zero-order chi connectivity index (χ0) is 9.26. The Balaban J connectivity index is 2.21. The lowest BCUT2D eigenvalue weighted by atomic mass is 10.1. The van der Waals surface area contributed by atoms with Gasteiger partial charge in [0.25, 0.3) is 0 Å². The van der Waals surface area contributed by atoms with Crippen LogP contribution in [-0.2, 0) is 4.74 Å². The molecule has 13 heavy (non-hydrogen) atoms. The van der Waals surface area contributed by atoms with Crippen molar-refractivity contribution in [3.05, 3.63) is 34.9 Å². The third-order valence-electron chi connectivity index (χ3n) is 1.94. The first kappa shape index (κ1) is 8.66. The van der Waals surface area contributed by atoms with Crippen LogP contribution >= 0.6 is 11.6 Å². The maximum absolute atomic E-state index is 9.75. The first-order valence-electron chi connectivity index (χ1n) is 4.03. The molecule has 0 amide bonds. The highest BCUT2D eigenvalue weighted by Crippen LogP contribution is 2.31. The maximum Gasteiger partial charge on any atom is 0.199 e. The van der Waals surface area contributed by atoms with Crippen molar-refractivity contribution in [3.8, 4) is 0 Å². The highest BCUT2D eigenvalue weighted by Gasteiger charge is 2.21. The van der Waals surface area contributed by atoms with E-state index in [0.717, 1.165) is 6.42 Å². The van der Waals surface area contributed by atoms with Crippen molar-refractivity contribution >= 4 is 11.6 Å². The summed E-state index contributed by atoms with van der Waals surface area (Å²) in [5.74, 6) is 0.559. The van der Waals surface area contributed by atoms with E-state index in [0.29, 0.717) is 17.9 Å². The summed E-state index contributed by atoms with van der Waals surface area (Å²) in [7, 11) is 0. The highest BCUT2D eigenvalue weighted by molar-refractivity contribution is 6.29. The first-order valence-corrected chi connectivity index (χ1v) is 4.40. The van der Waals surface area contributed by atoms with Gasteiger partial charge in [0.1, 0.15) is 11.9 Å². The zero-order valence-electron chi connectivity index (χ0n) is 6.87. The molecule has 0 spiro atoms. The second kappa shape index (κ2) is 3.44. The Bertz CT molecular complexity index is 329. The minimum absolute atomic E-state index is 0.212. The monoisotopic (exact) mass is 200 g/mol. The first-order chi connectivity index (χ1) is 6.29. The number of aliphatic hydroxyl groups excluding tert-OH is 1. The smallest absolute Gasteiger partial charge is 0.199 e. The summed E-state index contributed by atoms with van der Waals surface area (Å²) in [5.41, 5.74) is 0.551. The normalized spacial score (nSPS) is 18.2. The van der Waals surface area contributed by atoms with E-state index in [2.05, 4.69) is 0 Å². The fraction of sp³-hybridized carbons (Fsp3) is 0.333. The largest absolute Gasteiger partial charge is 0.495 e. The van der Waals surface area contributed by atoms with Gasteiger partial charge in [-0.1, -0.05) is 0 Å². The van der Waals surface area contributed by atoms with Crippen molar-refractivity contribution < 1.29 is 14.3 Å². The van der Waals surface area contributed by atoms with E-state index in [9.17, 15) is 5.11 Å². The Morgan fingerprint density at radius 1 is 1.54 bits per heavy atom. The Labute approximate surface area is 80.6 Å². The van der Waals surface area contributed by atoms with Gasteiger partial charge in [0, 0.05) is 12.0 Å². The van der Waals surface area contributed by atoms with Crippen LogP contribution < -0.4 is 0 Å². The fourth-order valence-corrected chi connectivity index (χ4v) is 1.50. The van der Waals surface area contributed by atoms with Crippen LogP contribution in [-0.4, -0.2) is 11.7 Å². The van der Waals surface area contributed by atoms with Crippen molar-refractivity contribution in [2.45, 2.75) is 12.5 Å². The summed E-state index contributed by atoms with van der Waals surface area (Å²) in [6, 6.07) is 1.63. The molecule has 1 aliphatic rings. The topological polar surface area (TPSA) is 42.6 Å². The van der Waals surface area contributed by atoms with Crippen molar-refractivity contribution in [1.82, 2.24) is 0 Å². The lowest BCUT2D eigenvalue weighted by molar-refractivity contribution is 0.118. The molecule has 1 aromatic rings. The molecule has 1 atom stereocenters. The van der Waals surface area contributed by atoms with Gasteiger partial charge in [-0.15, -0.1) is 0 Å². The number of halogens is 1. The summed E-state index contributed by atoms with van der Waals surface area (Å²) < 4.78 is 10.1. The molecular formula is C9H9ClO3. The molecular weight excluding hydrogens is 192 g/mol. The number of rotatable bonds is 2. The Kier molecular flexibility index (Phi) is 2.29. The van der Waals surface area contributed by atoms with Gasteiger partial charge in [0.05, 0.1) is 12.9 Å². The summed E-state index contributed by atoms with van der Waals surface area (Å²) >= 11 is 5.70. The van der Waals surface area contributed by atoms with E-state index in [-0.39, 0.29) is 5.22 Å². The van der Waals surface area contributed by atoms with Gasteiger partial charge in [0.15, 0.2) is 5.22 Å². The average molecular weight is 201 g/mol. The molecule has 3 nitrogen and oxygen atoms in total. The third-order valence-corrected chi connectivity index (χ3v) is 2.25. The molecule has 1 unspecified atom stereocenters. The number of furan rings is 1. The quantitative estimate of drug-likeness (QED) is 0.797. The van der Waals surface area contributed by atoms with Gasteiger partial charge >= 0.3 is 0 Å². The van der Waals surface area contributed by atoms with E-state index in [1.165, 1.54) is 6.26 Å². The lowest BCUT2D eigenvalue weighted by Gasteiger charge is -2.10. The van der Waals surface area contributed by atoms with Crippen molar-refractivity contribution in [2.24, 2.45) is 0 Å². The van der Waals surface area contributed by atoms with E-state index >= 15 is 0 Å². The van der Waals surface area contributed by atoms with Crippen LogP contribution in [0.25, 0.3) is 0 Å². The summed E-state index contributed by atoms with van der Waals surface area (Å²) in [6.07, 6.45) is 3.33. The minimum atomic E-state index is -0.797. The molecule has 0 saturated carbocycles.